The largest absolute Gasteiger partial charge is 0.371 e. The van der Waals surface area contributed by atoms with Crippen LogP contribution < -0.4 is 5.73 Å². The highest BCUT2D eigenvalue weighted by Gasteiger charge is 2.52. The number of amides is 3. The molecule has 0 aromatic carbocycles. The predicted molar refractivity (Wildman–Crippen MR) is 98.5 cm³/mol. The fraction of sp³-hybridized carbons (Fsp3) is 0.789. The zero-order valence-corrected chi connectivity index (χ0v) is 16.9. The molecule has 0 aromatic rings. The Labute approximate surface area is 160 Å². The van der Waals surface area contributed by atoms with Crippen molar-refractivity contribution >= 4 is 23.5 Å². The van der Waals surface area contributed by atoms with Crippen LogP contribution >= 0.6 is 0 Å². The summed E-state index contributed by atoms with van der Waals surface area (Å²) >= 11 is 0. The van der Waals surface area contributed by atoms with Crippen molar-refractivity contribution < 1.29 is 23.9 Å². The second-order valence-electron chi connectivity index (χ2n) is 8.64. The van der Waals surface area contributed by atoms with E-state index in [0.29, 0.717) is 19.4 Å². The van der Waals surface area contributed by atoms with Gasteiger partial charge in [-0.05, 0) is 18.3 Å². The van der Waals surface area contributed by atoms with Gasteiger partial charge in [-0.3, -0.25) is 19.2 Å². The van der Waals surface area contributed by atoms with Crippen molar-refractivity contribution in [2.75, 3.05) is 20.2 Å². The molecule has 2 heterocycles. The molecule has 4 atom stereocenters. The maximum atomic E-state index is 13.0. The van der Waals surface area contributed by atoms with Crippen LogP contribution in [0.25, 0.3) is 0 Å². The van der Waals surface area contributed by atoms with Crippen LogP contribution in [0.1, 0.15) is 47.0 Å². The van der Waals surface area contributed by atoms with Gasteiger partial charge in [0, 0.05) is 26.0 Å². The molecule has 4 unspecified atom stereocenters. The van der Waals surface area contributed by atoms with Gasteiger partial charge in [-0.2, -0.15) is 0 Å². The number of Topliss-reactive ketones (excluding diaryl/α,β-unsaturated/α-hetero) is 1. The molecule has 0 radical (unpaired) electrons. The molecule has 27 heavy (non-hydrogen) atoms. The summed E-state index contributed by atoms with van der Waals surface area (Å²) in [4.78, 5) is 52.4. The minimum absolute atomic E-state index is 0.00553. The molecule has 8 nitrogen and oxygen atoms in total. The third-order valence-corrected chi connectivity index (χ3v) is 5.55. The SMILES string of the molecule is COC(C(=O)N1CC(=O)C2C1CCN2C(=O)CCC(C)C(N)=O)C(C)(C)C. The number of likely N-dealkylation sites (tertiary alicyclic amines) is 2. The van der Waals surface area contributed by atoms with E-state index < -0.39 is 23.5 Å². The van der Waals surface area contributed by atoms with Crippen LogP contribution in [0.3, 0.4) is 0 Å². The molecule has 8 heteroatoms. The summed E-state index contributed by atoms with van der Waals surface area (Å²) in [6.07, 6.45) is 0.441. The van der Waals surface area contributed by atoms with Crippen molar-refractivity contribution in [3.63, 3.8) is 0 Å². The lowest BCUT2D eigenvalue weighted by Gasteiger charge is -2.33. The number of carbonyl (C=O) groups is 4. The Hall–Kier alpha value is -1.96. The zero-order valence-electron chi connectivity index (χ0n) is 16.9. The highest BCUT2D eigenvalue weighted by Crippen LogP contribution is 2.33. The molecule has 0 aromatic heterocycles. The van der Waals surface area contributed by atoms with E-state index in [4.69, 9.17) is 10.5 Å². The van der Waals surface area contributed by atoms with E-state index in [0.717, 1.165) is 0 Å². The Balaban J connectivity index is 2.08. The maximum absolute atomic E-state index is 13.0. The van der Waals surface area contributed by atoms with E-state index in [1.807, 2.05) is 20.8 Å². The molecule has 2 saturated heterocycles. The van der Waals surface area contributed by atoms with E-state index >= 15 is 0 Å². The fourth-order valence-corrected chi connectivity index (χ4v) is 3.99. The Morgan fingerprint density at radius 3 is 2.41 bits per heavy atom. The molecule has 2 N–H and O–H groups in total. The van der Waals surface area contributed by atoms with E-state index in [-0.39, 0.29) is 42.5 Å². The molecule has 3 amide bonds. The van der Waals surface area contributed by atoms with E-state index in [1.165, 1.54) is 7.11 Å². The van der Waals surface area contributed by atoms with Crippen LogP contribution in [0.5, 0.6) is 0 Å². The lowest BCUT2D eigenvalue weighted by Crippen LogP contribution is -2.49. The number of methoxy groups -OCH3 is 1. The molecule has 0 aliphatic carbocycles. The van der Waals surface area contributed by atoms with E-state index in [9.17, 15) is 19.2 Å². The first-order chi connectivity index (χ1) is 12.5. The van der Waals surface area contributed by atoms with Crippen LogP contribution in [-0.2, 0) is 23.9 Å². The Kier molecular flexibility index (Phi) is 6.29. The van der Waals surface area contributed by atoms with Crippen LogP contribution in [0.2, 0.25) is 0 Å². The lowest BCUT2D eigenvalue weighted by atomic mass is 9.88. The van der Waals surface area contributed by atoms with Gasteiger partial charge in [-0.25, -0.2) is 0 Å². The molecule has 0 bridgehead atoms. The number of primary amides is 1. The summed E-state index contributed by atoms with van der Waals surface area (Å²) in [6.45, 7) is 7.87. The van der Waals surface area contributed by atoms with Crippen molar-refractivity contribution in [2.24, 2.45) is 17.1 Å². The summed E-state index contributed by atoms with van der Waals surface area (Å²) < 4.78 is 5.41. The Morgan fingerprint density at radius 2 is 1.89 bits per heavy atom. The number of nitrogens with two attached hydrogens (primary N) is 1. The predicted octanol–water partition coefficient (Wildman–Crippen LogP) is 0.330. The second kappa shape index (κ2) is 7.96. The van der Waals surface area contributed by atoms with Gasteiger partial charge in [0.15, 0.2) is 5.78 Å². The molecule has 0 saturated carbocycles. The average molecular weight is 381 g/mol. The lowest BCUT2D eigenvalue weighted by molar-refractivity contribution is -0.150. The first kappa shape index (κ1) is 21.3. The third-order valence-electron chi connectivity index (χ3n) is 5.55. The van der Waals surface area contributed by atoms with Gasteiger partial charge in [0.2, 0.25) is 11.8 Å². The van der Waals surface area contributed by atoms with Crippen molar-refractivity contribution in [3.8, 4) is 0 Å². The van der Waals surface area contributed by atoms with Gasteiger partial charge in [-0.1, -0.05) is 27.7 Å². The van der Waals surface area contributed by atoms with Gasteiger partial charge in [-0.15, -0.1) is 0 Å². The molecular formula is C19H31N3O5. The van der Waals surface area contributed by atoms with Crippen LogP contribution in [0.15, 0.2) is 0 Å². The molecule has 2 fully saturated rings. The minimum Gasteiger partial charge on any atom is -0.371 e. The number of hydrogen-bond acceptors (Lipinski definition) is 5. The number of ether oxygens (including phenoxy) is 1. The number of carbonyl (C=O) groups excluding carboxylic acids is 4. The Bertz CT molecular complexity index is 627. The Morgan fingerprint density at radius 1 is 1.26 bits per heavy atom. The topological polar surface area (TPSA) is 110 Å². The van der Waals surface area contributed by atoms with Gasteiger partial charge in [0.1, 0.15) is 12.1 Å². The summed E-state index contributed by atoms with van der Waals surface area (Å²) in [5, 5.41) is 0. The first-order valence-electron chi connectivity index (χ1n) is 9.43. The van der Waals surface area contributed by atoms with Crippen molar-refractivity contribution in [1.29, 1.82) is 0 Å². The van der Waals surface area contributed by atoms with E-state index in [1.54, 1.807) is 16.7 Å². The quantitative estimate of drug-likeness (QED) is 0.713. The number of rotatable bonds is 6. The second-order valence-corrected chi connectivity index (χ2v) is 8.64. The maximum Gasteiger partial charge on any atom is 0.252 e. The number of fused-ring (bicyclic) bond motifs is 1. The van der Waals surface area contributed by atoms with E-state index in [2.05, 4.69) is 0 Å². The standard InChI is InChI=1S/C19H31N3O5/c1-11(17(20)25)6-7-14(24)21-9-8-12-15(21)13(23)10-22(12)18(26)16(27-5)19(2,3)4/h11-12,15-16H,6-10H2,1-5H3,(H2,20,25). The first-order valence-corrected chi connectivity index (χ1v) is 9.43. The minimum atomic E-state index is -0.648. The highest BCUT2D eigenvalue weighted by atomic mass is 16.5. The van der Waals surface area contributed by atoms with Gasteiger partial charge < -0.3 is 20.3 Å². The highest BCUT2D eigenvalue weighted by molar-refractivity contribution is 5.98. The molecule has 2 aliphatic heterocycles. The summed E-state index contributed by atoms with van der Waals surface area (Å²) in [5.41, 5.74) is 4.84. The van der Waals surface area contributed by atoms with Gasteiger partial charge >= 0.3 is 0 Å². The fourth-order valence-electron chi connectivity index (χ4n) is 3.99. The number of nitrogens with zero attached hydrogens (tertiary/aromatic N) is 2. The van der Waals surface area contributed by atoms with Crippen molar-refractivity contribution in [3.05, 3.63) is 0 Å². The average Bonchev–Trinajstić information content (AvgIpc) is 3.13. The van der Waals surface area contributed by atoms with Crippen LogP contribution in [-0.4, -0.2) is 71.7 Å². The smallest absolute Gasteiger partial charge is 0.252 e. The molecular weight excluding hydrogens is 350 g/mol. The molecule has 152 valence electrons. The van der Waals surface area contributed by atoms with Gasteiger partial charge in [0.25, 0.3) is 5.91 Å². The van der Waals surface area contributed by atoms with Crippen molar-refractivity contribution in [2.45, 2.75) is 65.1 Å². The molecule has 0 spiro atoms. The third kappa shape index (κ3) is 4.31. The normalized spacial score (nSPS) is 24.7. The molecule has 2 aliphatic rings. The summed E-state index contributed by atoms with van der Waals surface area (Å²) in [6, 6.07) is -0.898. The van der Waals surface area contributed by atoms with Gasteiger partial charge in [0.05, 0.1) is 12.6 Å². The van der Waals surface area contributed by atoms with Crippen molar-refractivity contribution in [1.82, 2.24) is 9.80 Å². The number of hydrogen-bond donors (Lipinski definition) is 1. The zero-order chi connectivity index (χ0) is 20.5. The van der Waals surface area contributed by atoms with Crippen LogP contribution in [0, 0.1) is 11.3 Å². The monoisotopic (exact) mass is 381 g/mol. The summed E-state index contributed by atoms with van der Waals surface area (Å²) in [5.74, 6) is -1.33. The number of ketones is 1. The molecule has 2 rings (SSSR count). The van der Waals surface area contributed by atoms with Crippen LogP contribution in [0.4, 0.5) is 0 Å². The summed E-state index contributed by atoms with van der Waals surface area (Å²) in [7, 11) is 1.49.